The van der Waals surface area contributed by atoms with Crippen molar-refractivity contribution in [2.75, 3.05) is 19.0 Å². The fraction of sp³-hybridized carbons (Fsp3) is 0.150. The Morgan fingerprint density at radius 2 is 1.85 bits per heavy atom. The van der Waals surface area contributed by atoms with E-state index >= 15 is 0 Å². The standard InChI is InChI=1S/C20H19ClN4O2/c1-27-18-4-2-3-14(11-18)9-10-22-19(26)15-12-23-20(24-13-15)25-17-7-5-16(21)6-8-17/h2-8,11-13H,9-10H2,1H3,(H,22,26)(H,23,24,25). The highest BCUT2D eigenvalue weighted by molar-refractivity contribution is 6.30. The molecule has 1 amide bonds. The van der Waals surface area contributed by atoms with Crippen molar-refractivity contribution in [1.29, 1.82) is 0 Å². The van der Waals surface area contributed by atoms with Gasteiger partial charge in [0.25, 0.3) is 5.91 Å². The number of ether oxygens (including phenoxy) is 1. The van der Waals surface area contributed by atoms with Gasteiger partial charge < -0.3 is 15.4 Å². The summed E-state index contributed by atoms with van der Waals surface area (Å²) < 4.78 is 5.19. The van der Waals surface area contributed by atoms with Crippen LogP contribution in [-0.4, -0.2) is 29.5 Å². The molecule has 7 heteroatoms. The number of amides is 1. The highest BCUT2D eigenvalue weighted by atomic mass is 35.5. The van der Waals surface area contributed by atoms with E-state index in [0.717, 1.165) is 17.0 Å². The second-order valence-corrected chi connectivity index (χ2v) is 6.22. The zero-order valence-corrected chi connectivity index (χ0v) is 15.5. The predicted octanol–water partition coefficient (Wildman–Crippen LogP) is 3.85. The molecule has 1 aromatic heterocycles. The highest BCUT2D eigenvalue weighted by Crippen LogP contribution is 2.16. The molecule has 0 spiro atoms. The third-order valence-corrected chi connectivity index (χ3v) is 4.10. The average molecular weight is 383 g/mol. The fourth-order valence-electron chi connectivity index (χ4n) is 2.42. The van der Waals surface area contributed by atoms with Crippen LogP contribution >= 0.6 is 11.6 Å². The number of methoxy groups -OCH3 is 1. The molecular formula is C20H19ClN4O2. The minimum Gasteiger partial charge on any atom is -0.497 e. The van der Waals surface area contributed by atoms with E-state index < -0.39 is 0 Å². The summed E-state index contributed by atoms with van der Waals surface area (Å²) in [5.74, 6) is 0.997. The zero-order valence-electron chi connectivity index (χ0n) is 14.8. The fourth-order valence-corrected chi connectivity index (χ4v) is 2.55. The maximum atomic E-state index is 12.2. The molecule has 3 aromatic rings. The van der Waals surface area contributed by atoms with Crippen molar-refractivity contribution in [3.8, 4) is 5.75 Å². The average Bonchev–Trinajstić information content (AvgIpc) is 2.70. The normalized spacial score (nSPS) is 10.3. The van der Waals surface area contributed by atoms with Crippen molar-refractivity contribution in [2.24, 2.45) is 0 Å². The number of carbonyl (C=O) groups is 1. The van der Waals surface area contributed by atoms with Gasteiger partial charge >= 0.3 is 0 Å². The van der Waals surface area contributed by atoms with Gasteiger partial charge in [0, 0.05) is 29.6 Å². The van der Waals surface area contributed by atoms with Crippen LogP contribution in [0.3, 0.4) is 0 Å². The van der Waals surface area contributed by atoms with E-state index in [9.17, 15) is 4.79 Å². The number of nitrogens with zero attached hydrogens (tertiary/aromatic N) is 2. The number of nitrogens with one attached hydrogen (secondary N) is 2. The summed E-state index contributed by atoms with van der Waals surface area (Å²) in [4.78, 5) is 20.6. The molecule has 0 atom stereocenters. The van der Waals surface area contributed by atoms with E-state index in [0.29, 0.717) is 29.5 Å². The van der Waals surface area contributed by atoms with Crippen LogP contribution in [0.15, 0.2) is 60.9 Å². The first kappa shape index (κ1) is 18.7. The first-order valence-corrected chi connectivity index (χ1v) is 8.77. The summed E-state index contributed by atoms with van der Waals surface area (Å²) >= 11 is 5.86. The van der Waals surface area contributed by atoms with Crippen molar-refractivity contribution >= 4 is 29.1 Å². The Balaban J connectivity index is 1.51. The van der Waals surface area contributed by atoms with Crippen molar-refractivity contribution in [3.63, 3.8) is 0 Å². The van der Waals surface area contributed by atoms with Gasteiger partial charge in [-0.3, -0.25) is 4.79 Å². The number of hydrogen-bond acceptors (Lipinski definition) is 5. The molecule has 0 radical (unpaired) electrons. The monoisotopic (exact) mass is 382 g/mol. The van der Waals surface area contributed by atoms with E-state index in [1.165, 1.54) is 12.4 Å². The largest absolute Gasteiger partial charge is 0.497 e. The number of carbonyl (C=O) groups excluding carboxylic acids is 1. The third kappa shape index (κ3) is 5.43. The number of halogens is 1. The molecule has 0 bridgehead atoms. The lowest BCUT2D eigenvalue weighted by Gasteiger charge is -2.08. The number of hydrogen-bond donors (Lipinski definition) is 2. The summed E-state index contributed by atoms with van der Waals surface area (Å²) in [6.07, 6.45) is 3.69. The van der Waals surface area contributed by atoms with Crippen molar-refractivity contribution < 1.29 is 9.53 Å². The van der Waals surface area contributed by atoms with Crippen LogP contribution in [0.5, 0.6) is 5.75 Å². The van der Waals surface area contributed by atoms with Gasteiger partial charge in [0.2, 0.25) is 5.95 Å². The predicted molar refractivity (Wildman–Crippen MR) is 106 cm³/mol. The number of aromatic nitrogens is 2. The van der Waals surface area contributed by atoms with E-state index in [1.54, 1.807) is 19.2 Å². The zero-order chi connectivity index (χ0) is 19.1. The van der Waals surface area contributed by atoms with E-state index in [1.807, 2.05) is 36.4 Å². The Hall–Kier alpha value is -3.12. The summed E-state index contributed by atoms with van der Waals surface area (Å²) in [6, 6.07) is 15.0. The molecule has 1 heterocycles. The van der Waals surface area contributed by atoms with Crippen LogP contribution < -0.4 is 15.4 Å². The Labute approximate surface area is 162 Å². The van der Waals surface area contributed by atoms with Gasteiger partial charge in [-0.1, -0.05) is 23.7 Å². The van der Waals surface area contributed by atoms with Crippen LogP contribution in [0.1, 0.15) is 15.9 Å². The molecule has 0 aliphatic rings. The van der Waals surface area contributed by atoms with Gasteiger partial charge in [-0.25, -0.2) is 9.97 Å². The van der Waals surface area contributed by atoms with Crippen LogP contribution in [0.25, 0.3) is 0 Å². The Bertz CT molecular complexity index is 899. The first-order chi connectivity index (χ1) is 13.1. The number of benzene rings is 2. The second kappa shape index (κ2) is 9.00. The van der Waals surface area contributed by atoms with Gasteiger partial charge in [-0.2, -0.15) is 0 Å². The molecule has 6 nitrogen and oxygen atoms in total. The van der Waals surface area contributed by atoms with Gasteiger partial charge in [0.15, 0.2) is 0 Å². The van der Waals surface area contributed by atoms with Crippen LogP contribution in [0.4, 0.5) is 11.6 Å². The molecule has 3 rings (SSSR count). The Morgan fingerprint density at radius 1 is 1.11 bits per heavy atom. The Morgan fingerprint density at radius 3 is 2.56 bits per heavy atom. The molecule has 2 aromatic carbocycles. The van der Waals surface area contributed by atoms with Gasteiger partial charge in [0.1, 0.15) is 5.75 Å². The van der Waals surface area contributed by atoms with Crippen molar-refractivity contribution in [3.05, 3.63) is 77.1 Å². The van der Waals surface area contributed by atoms with Crippen LogP contribution in [0.2, 0.25) is 5.02 Å². The number of anilines is 2. The molecule has 0 unspecified atom stereocenters. The molecule has 27 heavy (non-hydrogen) atoms. The number of rotatable bonds is 7. The molecule has 0 aliphatic heterocycles. The van der Waals surface area contributed by atoms with Crippen LogP contribution in [-0.2, 0) is 6.42 Å². The quantitative estimate of drug-likeness (QED) is 0.649. The minimum absolute atomic E-state index is 0.212. The van der Waals surface area contributed by atoms with E-state index in [4.69, 9.17) is 16.3 Å². The molecule has 0 aliphatic carbocycles. The van der Waals surface area contributed by atoms with Gasteiger partial charge in [-0.05, 0) is 48.4 Å². The summed E-state index contributed by atoms with van der Waals surface area (Å²) in [7, 11) is 1.63. The maximum Gasteiger partial charge on any atom is 0.254 e. The molecular weight excluding hydrogens is 364 g/mol. The second-order valence-electron chi connectivity index (χ2n) is 5.78. The van der Waals surface area contributed by atoms with E-state index in [2.05, 4.69) is 20.6 Å². The maximum absolute atomic E-state index is 12.2. The lowest BCUT2D eigenvalue weighted by atomic mass is 10.1. The molecule has 0 saturated heterocycles. The summed E-state index contributed by atoms with van der Waals surface area (Å²) in [5.41, 5.74) is 2.31. The van der Waals surface area contributed by atoms with Crippen molar-refractivity contribution in [1.82, 2.24) is 15.3 Å². The van der Waals surface area contributed by atoms with Crippen molar-refractivity contribution in [2.45, 2.75) is 6.42 Å². The molecule has 0 saturated carbocycles. The topological polar surface area (TPSA) is 76.1 Å². The Kier molecular flexibility index (Phi) is 6.22. The summed E-state index contributed by atoms with van der Waals surface area (Å²) in [5, 5.41) is 6.57. The lowest BCUT2D eigenvalue weighted by molar-refractivity contribution is 0.0953. The SMILES string of the molecule is COc1cccc(CCNC(=O)c2cnc(Nc3ccc(Cl)cc3)nc2)c1. The minimum atomic E-state index is -0.212. The van der Waals surface area contributed by atoms with Crippen LogP contribution in [0, 0.1) is 0 Å². The summed E-state index contributed by atoms with van der Waals surface area (Å²) in [6.45, 7) is 0.511. The van der Waals surface area contributed by atoms with E-state index in [-0.39, 0.29) is 5.91 Å². The molecule has 0 fully saturated rings. The van der Waals surface area contributed by atoms with Gasteiger partial charge in [0.05, 0.1) is 12.7 Å². The van der Waals surface area contributed by atoms with Gasteiger partial charge in [-0.15, -0.1) is 0 Å². The first-order valence-electron chi connectivity index (χ1n) is 8.40. The molecule has 138 valence electrons. The molecule has 2 N–H and O–H groups in total. The smallest absolute Gasteiger partial charge is 0.254 e. The highest BCUT2D eigenvalue weighted by Gasteiger charge is 2.07. The lowest BCUT2D eigenvalue weighted by Crippen LogP contribution is -2.26. The third-order valence-electron chi connectivity index (χ3n) is 3.85.